The van der Waals surface area contributed by atoms with Gasteiger partial charge in [0, 0.05) is 32.4 Å². The predicted molar refractivity (Wildman–Crippen MR) is 87.2 cm³/mol. The molecule has 0 aliphatic heterocycles. The summed E-state index contributed by atoms with van der Waals surface area (Å²) >= 11 is 0. The summed E-state index contributed by atoms with van der Waals surface area (Å²) in [6, 6.07) is 7.71. The highest BCUT2D eigenvalue weighted by molar-refractivity contribution is 5.76. The number of benzene rings is 1. The Labute approximate surface area is 128 Å². The van der Waals surface area contributed by atoms with Gasteiger partial charge in [0.2, 0.25) is 5.91 Å². The predicted octanol–water partition coefficient (Wildman–Crippen LogP) is 2.94. The minimum Gasteiger partial charge on any atom is -0.399 e. The molecule has 0 saturated heterocycles. The van der Waals surface area contributed by atoms with Crippen LogP contribution in [0.4, 0.5) is 5.69 Å². The van der Waals surface area contributed by atoms with Crippen LogP contribution >= 0.6 is 0 Å². The summed E-state index contributed by atoms with van der Waals surface area (Å²) in [7, 11) is 1.70. The highest BCUT2D eigenvalue weighted by Gasteiger charge is 2.19. The molecule has 0 radical (unpaired) electrons. The van der Waals surface area contributed by atoms with E-state index >= 15 is 0 Å². The highest BCUT2D eigenvalue weighted by Crippen LogP contribution is 2.21. The number of amides is 1. The van der Waals surface area contributed by atoms with Gasteiger partial charge in [-0.3, -0.25) is 4.79 Å². The number of nitrogens with one attached hydrogen (secondary N) is 1. The van der Waals surface area contributed by atoms with Gasteiger partial charge in [0.25, 0.3) is 0 Å². The van der Waals surface area contributed by atoms with E-state index < -0.39 is 0 Å². The Balaban J connectivity index is 2.41. The van der Waals surface area contributed by atoms with Crippen LogP contribution in [0, 0.1) is 5.41 Å². The Morgan fingerprint density at radius 2 is 1.95 bits per heavy atom. The van der Waals surface area contributed by atoms with E-state index in [9.17, 15) is 4.79 Å². The van der Waals surface area contributed by atoms with E-state index in [-0.39, 0.29) is 17.2 Å². The van der Waals surface area contributed by atoms with Crippen molar-refractivity contribution in [1.82, 2.24) is 5.32 Å². The van der Waals surface area contributed by atoms with Crippen LogP contribution in [-0.4, -0.2) is 26.2 Å². The molecule has 0 fully saturated rings. The maximum absolute atomic E-state index is 12.0. The zero-order valence-electron chi connectivity index (χ0n) is 13.6. The molecule has 0 heterocycles. The van der Waals surface area contributed by atoms with Crippen LogP contribution in [-0.2, 0) is 9.53 Å². The van der Waals surface area contributed by atoms with Gasteiger partial charge in [-0.1, -0.05) is 32.9 Å². The first-order valence-corrected chi connectivity index (χ1v) is 7.45. The number of nitrogen functional groups attached to an aromatic ring is 1. The lowest BCUT2D eigenvalue weighted by Gasteiger charge is -2.25. The average molecular weight is 292 g/mol. The van der Waals surface area contributed by atoms with Crippen molar-refractivity contribution in [3.8, 4) is 0 Å². The van der Waals surface area contributed by atoms with Crippen molar-refractivity contribution in [1.29, 1.82) is 0 Å². The Morgan fingerprint density at radius 3 is 2.52 bits per heavy atom. The molecule has 0 aliphatic rings. The lowest BCUT2D eigenvalue weighted by molar-refractivity contribution is -0.121. The van der Waals surface area contributed by atoms with Crippen LogP contribution < -0.4 is 11.1 Å². The van der Waals surface area contributed by atoms with Crippen molar-refractivity contribution >= 4 is 11.6 Å². The number of rotatable bonds is 8. The summed E-state index contributed by atoms with van der Waals surface area (Å²) in [6.07, 6.45) is 1.42. The fourth-order valence-corrected chi connectivity index (χ4v) is 2.10. The third kappa shape index (κ3) is 6.63. The van der Waals surface area contributed by atoms with Crippen molar-refractivity contribution in [2.75, 3.05) is 26.0 Å². The molecule has 1 atom stereocenters. The van der Waals surface area contributed by atoms with E-state index in [1.807, 2.05) is 24.3 Å². The SMILES string of the molecule is COCCC(C)(C)CNC(=O)CC(C)c1ccc(N)cc1. The van der Waals surface area contributed by atoms with Crippen LogP contribution in [0.2, 0.25) is 0 Å². The maximum Gasteiger partial charge on any atom is 0.220 e. The number of hydrogen-bond acceptors (Lipinski definition) is 3. The molecule has 21 heavy (non-hydrogen) atoms. The number of anilines is 1. The van der Waals surface area contributed by atoms with Gasteiger partial charge >= 0.3 is 0 Å². The standard InChI is InChI=1S/C17H28N2O2/c1-13(14-5-7-15(18)8-6-14)11-16(20)19-12-17(2,3)9-10-21-4/h5-8,13H,9-12,18H2,1-4H3,(H,19,20). The fraction of sp³-hybridized carbons (Fsp3) is 0.588. The maximum atomic E-state index is 12.0. The topological polar surface area (TPSA) is 64.3 Å². The van der Waals surface area contributed by atoms with Gasteiger partial charge in [-0.25, -0.2) is 0 Å². The van der Waals surface area contributed by atoms with Crippen LogP contribution in [0.1, 0.15) is 45.1 Å². The summed E-state index contributed by atoms with van der Waals surface area (Å²) in [5.41, 5.74) is 7.61. The van der Waals surface area contributed by atoms with Gasteiger partial charge in [-0.05, 0) is 35.4 Å². The molecule has 1 aromatic carbocycles. The van der Waals surface area contributed by atoms with Gasteiger partial charge in [-0.15, -0.1) is 0 Å². The lowest BCUT2D eigenvalue weighted by Crippen LogP contribution is -2.35. The Kier molecular flexibility index (Phi) is 6.69. The second-order valence-corrected chi connectivity index (χ2v) is 6.46. The van der Waals surface area contributed by atoms with Gasteiger partial charge in [0.15, 0.2) is 0 Å². The summed E-state index contributed by atoms with van der Waals surface area (Å²) in [5, 5.41) is 3.02. The molecule has 4 nitrogen and oxygen atoms in total. The first kappa shape index (κ1) is 17.5. The zero-order chi connectivity index (χ0) is 15.9. The van der Waals surface area contributed by atoms with E-state index in [1.54, 1.807) is 7.11 Å². The summed E-state index contributed by atoms with van der Waals surface area (Å²) in [6.45, 7) is 7.71. The van der Waals surface area contributed by atoms with Crippen molar-refractivity contribution in [3.05, 3.63) is 29.8 Å². The third-order valence-corrected chi connectivity index (χ3v) is 3.74. The molecule has 0 bridgehead atoms. The minimum absolute atomic E-state index is 0.0517. The largest absolute Gasteiger partial charge is 0.399 e. The fourth-order valence-electron chi connectivity index (χ4n) is 2.10. The van der Waals surface area contributed by atoms with Crippen molar-refractivity contribution in [3.63, 3.8) is 0 Å². The van der Waals surface area contributed by atoms with E-state index in [0.717, 1.165) is 17.7 Å². The van der Waals surface area contributed by atoms with Crippen molar-refractivity contribution in [2.24, 2.45) is 5.41 Å². The summed E-state index contributed by atoms with van der Waals surface area (Å²) in [4.78, 5) is 12.0. The molecular formula is C17H28N2O2. The third-order valence-electron chi connectivity index (χ3n) is 3.74. The molecule has 1 amide bonds. The number of carbonyl (C=O) groups is 1. The van der Waals surface area contributed by atoms with Crippen LogP contribution in [0.3, 0.4) is 0 Å². The van der Waals surface area contributed by atoms with Crippen LogP contribution in [0.15, 0.2) is 24.3 Å². The smallest absolute Gasteiger partial charge is 0.220 e. The number of ether oxygens (including phenoxy) is 1. The van der Waals surface area contributed by atoms with Gasteiger partial charge in [0.1, 0.15) is 0 Å². The quantitative estimate of drug-likeness (QED) is 0.724. The molecular weight excluding hydrogens is 264 g/mol. The first-order valence-electron chi connectivity index (χ1n) is 7.45. The van der Waals surface area contributed by atoms with E-state index in [2.05, 4.69) is 26.1 Å². The molecule has 0 spiro atoms. The molecule has 1 rings (SSSR count). The molecule has 0 aromatic heterocycles. The normalized spacial score (nSPS) is 13.0. The Hall–Kier alpha value is -1.55. The lowest BCUT2D eigenvalue weighted by atomic mass is 9.89. The monoisotopic (exact) mass is 292 g/mol. The van der Waals surface area contributed by atoms with Gasteiger partial charge in [-0.2, -0.15) is 0 Å². The highest BCUT2D eigenvalue weighted by atomic mass is 16.5. The first-order chi connectivity index (χ1) is 9.84. The average Bonchev–Trinajstić information content (AvgIpc) is 2.44. The molecule has 1 aromatic rings. The summed E-state index contributed by atoms with van der Waals surface area (Å²) < 4.78 is 5.09. The van der Waals surface area contributed by atoms with Crippen LogP contribution in [0.25, 0.3) is 0 Å². The second-order valence-electron chi connectivity index (χ2n) is 6.46. The minimum atomic E-state index is 0.0517. The Bertz CT molecular complexity index is 441. The molecule has 1 unspecified atom stereocenters. The summed E-state index contributed by atoms with van der Waals surface area (Å²) in [5.74, 6) is 0.275. The molecule has 118 valence electrons. The number of methoxy groups -OCH3 is 1. The Morgan fingerprint density at radius 1 is 1.33 bits per heavy atom. The van der Waals surface area contributed by atoms with E-state index in [4.69, 9.17) is 10.5 Å². The number of hydrogen-bond donors (Lipinski definition) is 2. The molecule has 0 aliphatic carbocycles. The van der Waals surface area contributed by atoms with E-state index in [1.165, 1.54) is 0 Å². The number of nitrogens with two attached hydrogens (primary N) is 1. The van der Waals surface area contributed by atoms with E-state index in [0.29, 0.717) is 19.6 Å². The van der Waals surface area contributed by atoms with Crippen molar-refractivity contribution in [2.45, 2.75) is 39.5 Å². The number of carbonyl (C=O) groups excluding carboxylic acids is 1. The second kappa shape index (κ2) is 8.03. The van der Waals surface area contributed by atoms with Gasteiger partial charge in [0.05, 0.1) is 0 Å². The van der Waals surface area contributed by atoms with Crippen LogP contribution in [0.5, 0.6) is 0 Å². The molecule has 0 saturated carbocycles. The zero-order valence-corrected chi connectivity index (χ0v) is 13.6. The van der Waals surface area contributed by atoms with Crippen molar-refractivity contribution < 1.29 is 9.53 Å². The van der Waals surface area contributed by atoms with Gasteiger partial charge < -0.3 is 15.8 Å². The molecule has 3 N–H and O–H groups in total. The molecule has 4 heteroatoms.